The summed E-state index contributed by atoms with van der Waals surface area (Å²) in [5.41, 5.74) is 0. The van der Waals surface area contributed by atoms with Crippen molar-refractivity contribution < 1.29 is 22.7 Å². The zero-order valence-electron chi connectivity index (χ0n) is 20.6. The van der Waals surface area contributed by atoms with E-state index in [1.54, 1.807) is 6.92 Å². The molecule has 3 aliphatic rings. The van der Waals surface area contributed by atoms with Crippen LogP contribution in [0, 0.1) is 29.6 Å². The minimum atomic E-state index is -3.01. The smallest absolute Gasteiger partial charge is 0.309 e. The van der Waals surface area contributed by atoms with Crippen LogP contribution in [0.1, 0.15) is 86.0 Å². The fourth-order valence-electron chi connectivity index (χ4n) is 7.00. The molecule has 2 aliphatic carbocycles. The third-order valence-corrected chi connectivity index (χ3v) is 10.9. The number of carbonyl (C=O) groups excluding carboxylic acids is 2. The number of piperidine rings is 1. The summed E-state index contributed by atoms with van der Waals surface area (Å²) < 4.78 is 30.8. The third kappa shape index (κ3) is 5.51. The second kappa shape index (κ2) is 10.4. The fourth-order valence-corrected chi connectivity index (χ4v) is 9.19. The monoisotopic (exact) mass is 469 g/mol. The topological polar surface area (TPSA) is 80.8 Å². The molecule has 2 saturated carbocycles. The number of nitrogens with zero attached hydrogens (tertiary/aromatic N) is 1. The normalized spacial score (nSPS) is 35.9. The summed E-state index contributed by atoms with van der Waals surface area (Å²) in [6.45, 7) is 9.86. The van der Waals surface area contributed by atoms with Crippen LogP contribution in [0.3, 0.4) is 0 Å². The lowest BCUT2D eigenvalue weighted by atomic mass is 9.63. The van der Waals surface area contributed by atoms with Crippen LogP contribution >= 0.6 is 0 Å². The van der Waals surface area contributed by atoms with Crippen molar-refractivity contribution >= 4 is 21.7 Å². The quantitative estimate of drug-likeness (QED) is 0.544. The van der Waals surface area contributed by atoms with E-state index in [2.05, 4.69) is 6.92 Å². The molecule has 0 aromatic heterocycles. The van der Waals surface area contributed by atoms with Gasteiger partial charge in [-0.25, -0.2) is 8.42 Å². The first-order valence-electron chi connectivity index (χ1n) is 12.7. The van der Waals surface area contributed by atoms with Gasteiger partial charge in [-0.1, -0.05) is 13.8 Å². The Hall–Kier alpha value is -1.11. The van der Waals surface area contributed by atoms with E-state index < -0.39 is 9.84 Å². The maximum atomic E-state index is 12.8. The van der Waals surface area contributed by atoms with Gasteiger partial charge in [-0.3, -0.25) is 9.59 Å². The number of rotatable bonds is 6. The molecule has 1 amide bonds. The van der Waals surface area contributed by atoms with E-state index in [4.69, 9.17) is 4.74 Å². The first-order valence-corrected chi connectivity index (χ1v) is 14.4. The van der Waals surface area contributed by atoms with E-state index in [1.165, 1.54) is 0 Å². The number of likely N-dealkylation sites (tertiary alicyclic amines) is 1. The van der Waals surface area contributed by atoms with Crippen molar-refractivity contribution in [1.82, 2.24) is 4.90 Å². The predicted molar refractivity (Wildman–Crippen MR) is 126 cm³/mol. The molecule has 0 spiro atoms. The maximum absolute atomic E-state index is 12.8. The van der Waals surface area contributed by atoms with Gasteiger partial charge >= 0.3 is 5.97 Å². The average molecular weight is 470 g/mol. The van der Waals surface area contributed by atoms with E-state index in [1.807, 2.05) is 25.7 Å². The van der Waals surface area contributed by atoms with E-state index in [0.717, 1.165) is 44.9 Å². The summed E-state index contributed by atoms with van der Waals surface area (Å²) in [5.74, 6) is 1.48. The number of amides is 1. The van der Waals surface area contributed by atoms with Gasteiger partial charge in [-0.2, -0.15) is 0 Å². The van der Waals surface area contributed by atoms with Gasteiger partial charge < -0.3 is 9.64 Å². The van der Waals surface area contributed by atoms with Crippen molar-refractivity contribution in [1.29, 1.82) is 0 Å². The number of sulfone groups is 1. The van der Waals surface area contributed by atoms with Crippen LogP contribution in [0.2, 0.25) is 0 Å². The maximum Gasteiger partial charge on any atom is 0.309 e. The lowest BCUT2D eigenvalue weighted by Crippen LogP contribution is -2.58. The van der Waals surface area contributed by atoms with Gasteiger partial charge in [0, 0.05) is 19.0 Å². The molecule has 1 saturated heterocycles. The fraction of sp³-hybridized carbons (Fsp3) is 0.920. The van der Waals surface area contributed by atoms with Crippen LogP contribution in [0.5, 0.6) is 0 Å². The summed E-state index contributed by atoms with van der Waals surface area (Å²) in [6, 6.07) is 0.172. The lowest BCUT2D eigenvalue weighted by molar-refractivity contribution is -0.162. The second-order valence-electron chi connectivity index (χ2n) is 10.9. The highest BCUT2D eigenvalue weighted by molar-refractivity contribution is 7.92. The second-order valence-corrected chi connectivity index (χ2v) is 13.3. The molecule has 0 N–H and O–H groups in total. The van der Waals surface area contributed by atoms with Crippen LogP contribution in [-0.4, -0.2) is 54.9 Å². The summed E-state index contributed by atoms with van der Waals surface area (Å²) in [6.07, 6.45) is 7.06. The molecule has 1 aliphatic heterocycles. The molecule has 7 heteroatoms. The Kier molecular flexibility index (Phi) is 8.32. The van der Waals surface area contributed by atoms with Gasteiger partial charge in [0.15, 0.2) is 9.84 Å². The highest BCUT2D eigenvalue weighted by Crippen LogP contribution is 2.48. The van der Waals surface area contributed by atoms with Gasteiger partial charge in [0.2, 0.25) is 5.91 Å². The lowest BCUT2D eigenvalue weighted by Gasteiger charge is -2.52. The number of esters is 1. The van der Waals surface area contributed by atoms with Crippen molar-refractivity contribution in [3.63, 3.8) is 0 Å². The Morgan fingerprint density at radius 2 is 1.62 bits per heavy atom. The SMILES string of the molecule is CCOC(=O)C1C[C@H](C)N(C(C)=O)C2CCC(C3CCC(S(=O)(=O)CC(C)C)CC3)CC12. The minimum absolute atomic E-state index is 0.0568. The van der Waals surface area contributed by atoms with Crippen LogP contribution in [0.4, 0.5) is 0 Å². The van der Waals surface area contributed by atoms with Crippen LogP contribution in [0.15, 0.2) is 0 Å². The van der Waals surface area contributed by atoms with Crippen molar-refractivity contribution in [2.24, 2.45) is 29.6 Å². The number of ether oxygens (including phenoxy) is 1. The van der Waals surface area contributed by atoms with Crippen molar-refractivity contribution in [3.05, 3.63) is 0 Å². The number of fused-ring (bicyclic) bond motifs is 1. The summed E-state index contributed by atoms with van der Waals surface area (Å²) in [7, 11) is -3.01. The number of hydrogen-bond donors (Lipinski definition) is 0. The largest absolute Gasteiger partial charge is 0.466 e. The van der Waals surface area contributed by atoms with Gasteiger partial charge in [0.1, 0.15) is 0 Å². The highest BCUT2D eigenvalue weighted by atomic mass is 32.2. The van der Waals surface area contributed by atoms with Crippen LogP contribution in [0.25, 0.3) is 0 Å². The zero-order chi connectivity index (χ0) is 23.6. The van der Waals surface area contributed by atoms with E-state index in [9.17, 15) is 18.0 Å². The Labute approximate surface area is 194 Å². The Bertz CT molecular complexity index is 771. The number of hydrogen-bond acceptors (Lipinski definition) is 5. The molecule has 3 fully saturated rings. The average Bonchev–Trinajstić information content (AvgIpc) is 2.72. The van der Waals surface area contributed by atoms with Gasteiger partial charge in [-0.05, 0) is 88.9 Å². The molecule has 4 unspecified atom stereocenters. The van der Waals surface area contributed by atoms with Crippen molar-refractivity contribution in [2.75, 3.05) is 12.4 Å². The first kappa shape index (κ1) is 25.5. The summed E-state index contributed by atoms with van der Waals surface area (Å²) in [4.78, 5) is 27.2. The third-order valence-electron chi connectivity index (χ3n) is 8.26. The van der Waals surface area contributed by atoms with Crippen LogP contribution < -0.4 is 0 Å². The molecule has 6 nitrogen and oxygen atoms in total. The van der Waals surface area contributed by atoms with Crippen molar-refractivity contribution in [3.8, 4) is 0 Å². The Balaban J connectivity index is 1.69. The van der Waals surface area contributed by atoms with Gasteiger partial charge in [0.05, 0.1) is 23.5 Å². The molecule has 0 aromatic carbocycles. The predicted octanol–water partition coefficient (Wildman–Crippen LogP) is 4.22. The zero-order valence-corrected chi connectivity index (χ0v) is 21.4. The molecular weight excluding hydrogens is 426 g/mol. The van der Waals surface area contributed by atoms with Gasteiger partial charge in [-0.15, -0.1) is 0 Å². The first-order chi connectivity index (χ1) is 15.0. The minimum Gasteiger partial charge on any atom is -0.466 e. The highest BCUT2D eigenvalue weighted by Gasteiger charge is 2.49. The van der Waals surface area contributed by atoms with Crippen LogP contribution in [-0.2, 0) is 24.2 Å². The number of carbonyl (C=O) groups is 2. The molecule has 184 valence electrons. The summed E-state index contributed by atoms with van der Waals surface area (Å²) >= 11 is 0. The molecule has 3 rings (SSSR count). The molecule has 0 bridgehead atoms. The molecule has 1 heterocycles. The Morgan fingerprint density at radius 3 is 2.19 bits per heavy atom. The molecular formula is C25H43NO5S. The Morgan fingerprint density at radius 1 is 1.00 bits per heavy atom. The van der Waals surface area contributed by atoms with Gasteiger partial charge in [0.25, 0.3) is 0 Å². The molecule has 0 aromatic rings. The molecule has 0 radical (unpaired) electrons. The van der Waals surface area contributed by atoms with Crippen molar-refractivity contribution in [2.45, 2.75) is 103 Å². The van der Waals surface area contributed by atoms with E-state index >= 15 is 0 Å². The van der Waals surface area contributed by atoms with E-state index in [-0.39, 0.29) is 52.7 Å². The standard InChI is InChI=1S/C25H43NO5S/c1-6-31-25(28)23-13-17(4)26(18(5)27)24-12-9-20(14-22(23)24)19-7-10-21(11-8-19)32(29,30)15-16(2)3/h16-17,19-24H,6-15H2,1-5H3/t17-,19?,20?,21?,22?,23?,24?/m0/s1. The summed E-state index contributed by atoms with van der Waals surface area (Å²) in [5, 5.41) is -0.187. The van der Waals surface area contributed by atoms with E-state index in [0.29, 0.717) is 24.9 Å². The molecule has 32 heavy (non-hydrogen) atoms. The molecule has 5 atom stereocenters.